The van der Waals surface area contributed by atoms with Crippen molar-refractivity contribution in [1.82, 2.24) is 15.6 Å². The van der Waals surface area contributed by atoms with E-state index >= 15 is 0 Å². The van der Waals surface area contributed by atoms with E-state index in [1.165, 1.54) is 4.88 Å². The molecule has 0 fully saturated rings. The maximum absolute atomic E-state index is 4.57. The highest BCUT2D eigenvalue weighted by atomic mass is 32.1. The Morgan fingerprint density at radius 3 is 2.61 bits per heavy atom. The Bertz CT molecular complexity index is 396. The van der Waals surface area contributed by atoms with Crippen molar-refractivity contribution in [3.05, 3.63) is 15.6 Å². The summed E-state index contributed by atoms with van der Waals surface area (Å²) < 4.78 is 0. The second-order valence-corrected chi connectivity index (χ2v) is 5.84. The average Bonchev–Trinajstić information content (AvgIpc) is 2.57. The SMILES string of the molecule is CCNC(=NCCc1sc(C)nc1C)NC(C)C. The molecule has 0 aliphatic carbocycles. The van der Waals surface area contributed by atoms with Crippen LogP contribution in [0.4, 0.5) is 0 Å². The molecule has 18 heavy (non-hydrogen) atoms. The van der Waals surface area contributed by atoms with E-state index in [9.17, 15) is 0 Å². The smallest absolute Gasteiger partial charge is 0.191 e. The molecule has 0 aliphatic heterocycles. The van der Waals surface area contributed by atoms with Crippen LogP contribution in [0.5, 0.6) is 0 Å². The topological polar surface area (TPSA) is 49.3 Å². The van der Waals surface area contributed by atoms with Crippen molar-refractivity contribution in [3.63, 3.8) is 0 Å². The lowest BCUT2D eigenvalue weighted by Gasteiger charge is -2.13. The van der Waals surface area contributed by atoms with Crippen molar-refractivity contribution in [2.24, 2.45) is 4.99 Å². The molecule has 102 valence electrons. The number of hydrogen-bond acceptors (Lipinski definition) is 3. The van der Waals surface area contributed by atoms with E-state index in [4.69, 9.17) is 0 Å². The highest BCUT2D eigenvalue weighted by molar-refractivity contribution is 7.11. The van der Waals surface area contributed by atoms with Gasteiger partial charge in [0.2, 0.25) is 0 Å². The molecule has 0 radical (unpaired) electrons. The van der Waals surface area contributed by atoms with Crippen molar-refractivity contribution in [1.29, 1.82) is 0 Å². The largest absolute Gasteiger partial charge is 0.357 e. The lowest BCUT2D eigenvalue weighted by Crippen LogP contribution is -2.41. The first-order chi connectivity index (χ1) is 8.52. The van der Waals surface area contributed by atoms with Gasteiger partial charge in [0.1, 0.15) is 0 Å². The first-order valence-electron chi connectivity index (χ1n) is 6.50. The molecule has 0 amide bonds. The summed E-state index contributed by atoms with van der Waals surface area (Å²) in [5.74, 6) is 0.895. The van der Waals surface area contributed by atoms with Gasteiger partial charge in [0, 0.05) is 30.4 Å². The first-order valence-corrected chi connectivity index (χ1v) is 7.32. The van der Waals surface area contributed by atoms with Gasteiger partial charge in [-0.2, -0.15) is 0 Å². The molecule has 0 saturated heterocycles. The van der Waals surface area contributed by atoms with Gasteiger partial charge in [-0.25, -0.2) is 4.98 Å². The predicted octanol–water partition coefficient (Wildman–Crippen LogP) is 2.27. The number of thiazole rings is 1. The molecule has 0 saturated carbocycles. The summed E-state index contributed by atoms with van der Waals surface area (Å²) in [6.07, 6.45) is 0.964. The van der Waals surface area contributed by atoms with Crippen molar-refractivity contribution in [2.75, 3.05) is 13.1 Å². The third-order valence-electron chi connectivity index (χ3n) is 2.38. The molecule has 5 heteroatoms. The Labute approximate surface area is 114 Å². The molecule has 1 heterocycles. The molecule has 0 bridgehead atoms. The zero-order chi connectivity index (χ0) is 13.5. The van der Waals surface area contributed by atoms with E-state index in [2.05, 4.69) is 55.2 Å². The summed E-state index contributed by atoms with van der Waals surface area (Å²) in [4.78, 5) is 10.3. The van der Waals surface area contributed by atoms with Crippen LogP contribution in [0.2, 0.25) is 0 Å². The fourth-order valence-electron chi connectivity index (χ4n) is 1.67. The van der Waals surface area contributed by atoms with Gasteiger partial charge in [-0.15, -0.1) is 11.3 Å². The van der Waals surface area contributed by atoms with E-state index in [0.717, 1.165) is 36.2 Å². The second-order valence-electron chi connectivity index (χ2n) is 4.55. The number of aromatic nitrogens is 1. The van der Waals surface area contributed by atoms with Gasteiger partial charge in [-0.3, -0.25) is 4.99 Å². The van der Waals surface area contributed by atoms with Crippen LogP contribution in [0.15, 0.2) is 4.99 Å². The molecule has 0 aliphatic rings. The van der Waals surface area contributed by atoms with Gasteiger partial charge in [-0.1, -0.05) is 0 Å². The predicted molar refractivity (Wildman–Crippen MR) is 79.5 cm³/mol. The van der Waals surface area contributed by atoms with E-state index in [0.29, 0.717) is 6.04 Å². The third-order valence-corrected chi connectivity index (χ3v) is 3.51. The van der Waals surface area contributed by atoms with Gasteiger partial charge in [-0.05, 0) is 34.6 Å². The van der Waals surface area contributed by atoms with E-state index in [1.807, 2.05) is 0 Å². The summed E-state index contributed by atoms with van der Waals surface area (Å²) >= 11 is 1.77. The van der Waals surface area contributed by atoms with Crippen molar-refractivity contribution in [3.8, 4) is 0 Å². The van der Waals surface area contributed by atoms with Crippen LogP contribution in [0.1, 0.15) is 36.3 Å². The van der Waals surface area contributed by atoms with E-state index in [-0.39, 0.29) is 0 Å². The molecule has 2 N–H and O–H groups in total. The molecule has 1 aromatic heterocycles. The number of nitrogens with zero attached hydrogens (tertiary/aromatic N) is 2. The lowest BCUT2D eigenvalue weighted by molar-refractivity contribution is 0.700. The van der Waals surface area contributed by atoms with Crippen LogP contribution >= 0.6 is 11.3 Å². The van der Waals surface area contributed by atoms with Crippen LogP contribution in [0.3, 0.4) is 0 Å². The molecule has 0 aromatic carbocycles. The highest BCUT2D eigenvalue weighted by Gasteiger charge is 2.04. The number of aliphatic imine (C=N–C) groups is 1. The third kappa shape index (κ3) is 5.04. The second kappa shape index (κ2) is 7.36. The zero-order valence-electron chi connectivity index (χ0n) is 12.0. The molecule has 0 spiro atoms. The molecule has 4 nitrogen and oxygen atoms in total. The van der Waals surface area contributed by atoms with Crippen LogP contribution in [-0.4, -0.2) is 30.1 Å². The quantitative estimate of drug-likeness (QED) is 0.636. The maximum atomic E-state index is 4.57. The van der Waals surface area contributed by atoms with Crippen LogP contribution < -0.4 is 10.6 Å². The molecular weight excluding hydrogens is 244 g/mol. The summed E-state index contributed by atoms with van der Waals surface area (Å²) in [5.41, 5.74) is 1.15. The first kappa shape index (κ1) is 15.0. The Morgan fingerprint density at radius 2 is 2.11 bits per heavy atom. The molecule has 0 atom stereocenters. The van der Waals surface area contributed by atoms with Crippen LogP contribution in [0, 0.1) is 13.8 Å². The van der Waals surface area contributed by atoms with Crippen molar-refractivity contribution >= 4 is 17.3 Å². The fraction of sp³-hybridized carbons (Fsp3) is 0.692. The summed E-state index contributed by atoms with van der Waals surface area (Å²) in [7, 11) is 0. The van der Waals surface area contributed by atoms with Gasteiger partial charge in [0.25, 0.3) is 0 Å². The Kier molecular flexibility index (Phi) is 6.12. The number of aryl methyl sites for hydroxylation is 2. The normalized spacial score (nSPS) is 12.0. The van der Waals surface area contributed by atoms with E-state index < -0.39 is 0 Å². The Hall–Kier alpha value is -1.10. The number of hydrogen-bond donors (Lipinski definition) is 2. The van der Waals surface area contributed by atoms with Gasteiger partial charge < -0.3 is 10.6 Å². The average molecular weight is 268 g/mol. The fourth-order valence-corrected chi connectivity index (χ4v) is 2.59. The monoisotopic (exact) mass is 268 g/mol. The van der Waals surface area contributed by atoms with Crippen LogP contribution in [-0.2, 0) is 6.42 Å². The van der Waals surface area contributed by atoms with Gasteiger partial charge in [0.05, 0.1) is 10.7 Å². The Balaban J connectivity index is 2.52. The minimum Gasteiger partial charge on any atom is -0.357 e. The molecule has 0 unspecified atom stereocenters. The highest BCUT2D eigenvalue weighted by Crippen LogP contribution is 2.17. The Morgan fingerprint density at radius 1 is 1.39 bits per heavy atom. The van der Waals surface area contributed by atoms with Crippen molar-refractivity contribution in [2.45, 2.75) is 47.1 Å². The standard InChI is InChI=1S/C13H24N4S/c1-6-14-13(16-9(2)3)15-8-7-12-10(4)17-11(5)18-12/h9H,6-8H2,1-5H3,(H2,14,15,16). The minimum absolute atomic E-state index is 0.398. The number of rotatable bonds is 5. The maximum Gasteiger partial charge on any atom is 0.191 e. The summed E-state index contributed by atoms with van der Waals surface area (Å²) in [5, 5.41) is 7.70. The molecule has 1 rings (SSSR count). The number of guanidine groups is 1. The zero-order valence-corrected chi connectivity index (χ0v) is 12.8. The van der Waals surface area contributed by atoms with Crippen molar-refractivity contribution < 1.29 is 0 Å². The molecule has 1 aromatic rings. The minimum atomic E-state index is 0.398. The van der Waals surface area contributed by atoms with Gasteiger partial charge in [0.15, 0.2) is 5.96 Å². The van der Waals surface area contributed by atoms with Gasteiger partial charge >= 0.3 is 0 Å². The van der Waals surface area contributed by atoms with Crippen LogP contribution in [0.25, 0.3) is 0 Å². The summed E-state index contributed by atoms with van der Waals surface area (Å²) in [6.45, 7) is 12.1. The number of nitrogens with one attached hydrogen (secondary N) is 2. The van der Waals surface area contributed by atoms with E-state index in [1.54, 1.807) is 11.3 Å². The molecular formula is C13H24N4S. The lowest BCUT2D eigenvalue weighted by atomic mass is 10.3. The summed E-state index contributed by atoms with van der Waals surface area (Å²) in [6, 6.07) is 0.398.